The molecule has 110 valence electrons. The summed E-state index contributed by atoms with van der Waals surface area (Å²) in [6.45, 7) is 5.27. The SMILES string of the molecule is CCCC(=O)O/C(O)=C(/O)C(CC)OC(=O)CCC. The molecule has 0 aromatic rings. The molecule has 0 amide bonds. The van der Waals surface area contributed by atoms with Crippen LogP contribution in [0.4, 0.5) is 0 Å². The number of rotatable bonds is 8. The molecule has 0 spiro atoms. The number of esters is 2. The predicted octanol–water partition coefficient (Wildman–Crippen LogP) is 2.74. The van der Waals surface area contributed by atoms with Crippen molar-refractivity contribution in [1.82, 2.24) is 0 Å². The van der Waals surface area contributed by atoms with Gasteiger partial charge in [-0.05, 0) is 19.3 Å². The summed E-state index contributed by atoms with van der Waals surface area (Å²) in [5.74, 6) is -2.68. The summed E-state index contributed by atoms with van der Waals surface area (Å²) >= 11 is 0. The molecule has 0 fully saturated rings. The lowest BCUT2D eigenvalue weighted by Crippen LogP contribution is -2.22. The zero-order valence-electron chi connectivity index (χ0n) is 11.6. The summed E-state index contributed by atoms with van der Waals surface area (Å²) in [5, 5.41) is 19.1. The van der Waals surface area contributed by atoms with Crippen molar-refractivity contribution in [3.63, 3.8) is 0 Å². The first-order valence-corrected chi connectivity index (χ1v) is 6.48. The van der Waals surface area contributed by atoms with Gasteiger partial charge in [0.25, 0.3) is 0 Å². The standard InChI is InChI=1S/C13H22O6/c1-4-7-10(14)18-9(6-3)12(16)13(17)19-11(15)8-5-2/h9,16-17H,4-8H2,1-3H3/b13-12+. The van der Waals surface area contributed by atoms with Gasteiger partial charge in [-0.2, -0.15) is 0 Å². The molecular formula is C13H22O6. The van der Waals surface area contributed by atoms with E-state index in [1.165, 1.54) is 0 Å². The van der Waals surface area contributed by atoms with Gasteiger partial charge in [-0.3, -0.25) is 9.59 Å². The average Bonchev–Trinajstić information content (AvgIpc) is 2.35. The Labute approximate surface area is 113 Å². The van der Waals surface area contributed by atoms with Gasteiger partial charge in [0, 0.05) is 12.8 Å². The predicted molar refractivity (Wildman–Crippen MR) is 68.4 cm³/mol. The number of hydrogen-bond acceptors (Lipinski definition) is 6. The Hall–Kier alpha value is -1.72. The van der Waals surface area contributed by atoms with Gasteiger partial charge >= 0.3 is 17.9 Å². The van der Waals surface area contributed by atoms with E-state index in [-0.39, 0.29) is 19.3 Å². The van der Waals surface area contributed by atoms with Crippen LogP contribution in [0.1, 0.15) is 52.9 Å². The smallest absolute Gasteiger partial charge is 0.328 e. The molecule has 2 N–H and O–H groups in total. The van der Waals surface area contributed by atoms with Crippen LogP contribution >= 0.6 is 0 Å². The molecule has 0 aliphatic rings. The number of hydrogen-bond donors (Lipinski definition) is 2. The number of aliphatic hydroxyl groups excluding tert-OH is 2. The monoisotopic (exact) mass is 274 g/mol. The molecule has 1 unspecified atom stereocenters. The number of carbonyl (C=O) groups is 2. The van der Waals surface area contributed by atoms with Crippen molar-refractivity contribution in [2.45, 2.75) is 59.0 Å². The molecule has 1 atom stereocenters. The Balaban J connectivity index is 4.65. The third kappa shape index (κ3) is 6.69. The fourth-order valence-electron chi connectivity index (χ4n) is 1.31. The van der Waals surface area contributed by atoms with E-state index in [4.69, 9.17) is 4.74 Å². The number of carbonyl (C=O) groups excluding carboxylic acids is 2. The molecule has 0 radical (unpaired) electrons. The van der Waals surface area contributed by atoms with Crippen molar-refractivity contribution in [3.8, 4) is 0 Å². The second-order valence-corrected chi connectivity index (χ2v) is 4.05. The van der Waals surface area contributed by atoms with Crippen molar-refractivity contribution in [2.24, 2.45) is 0 Å². The van der Waals surface area contributed by atoms with Crippen molar-refractivity contribution < 1.29 is 29.3 Å². The summed E-state index contributed by atoms with van der Waals surface area (Å²) in [7, 11) is 0. The molecule has 0 saturated heterocycles. The van der Waals surface area contributed by atoms with E-state index in [0.717, 1.165) is 0 Å². The van der Waals surface area contributed by atoms with Gasteiger partial charge in [-0.1, -0.05) is 20.8 Å². The first-order chi connectivity index (χ1) is 8.96. The summed E-state index contributed by atoms with van der Waals surface area (Å²) in [6, 6.07) is 0. The van der Waals surface area contributed by atoms with Crippen LogP contribution in [0, 0.1) is 0 Å². The van der Waals surface area contributed by atoms with E-state index in [9.17, 15) is 19.8 Å². The molecule has 0 aromatic carbocycles. The minimum atomic E-state index is -1.01. The van der Waals surface area contributed by atoms with Gasteiger partial charge < -0.3 is 19.7 Å². The summed E-state index contributed by atoms with van der Waals surface area (Å²) in [6.07, 6.45) is 0.793. The quantitative estimate of drug-likeness (QED) is 0.522. The largest absolute Gasteiger partial charge is 0.503 e. The molecule has 6 heteroatoms. The third-order valence-corrected chi connectivity index (χ3v) is 2.29. The highest BCUT2D eigenvalue weighted by Crippen LogP contribution is 2.14. The Morgan fingerprint density at radius 3 is 2.00 bits per heavy atom. The molecule has 0 bridgehead atoms. The molecule has 0 aliphatic carbocycles. The van der Waals surface area contributed by atoms with Crippen LogP contribution in [-0.2, 0) is 19.1 Å². The fraction of sp³-hybridized carbons (Fsp3) is 0.692. The number of aliphatic hydroxyl groups is 2. The Bertz CT molecular complexity index is 334. The van der Waals surface area contributed by atoms with Gasteiger partial charge in [0.1, 0.15) is 0 Å². The van der Waals surface area contributed by atoms with Gasteiger partial charge in [0.05, 0.1) is 0 Å². The molecule has 6 nitrogen and oxygen atoms in total. The van der Waals surface area contributed by atoms with Crippen LogP contribution in [0.3, 0.4) is 0 Å². The first kappa shape index (κ1) is 17.3. The van der Waals surface area contributed by atoms with E-state index in [2.05, 4.69) is 4.74 Å². The van der Waals surface area contributed by atoms with Crippen LogP contribution in [0.2, 0.25) is 0 Å². The Morgan fingerprint density at radius 2 is 1.53 bits per heavy atom. The second kappa shape index (κ2) is 9.24. The topological polar surface area (TPSA) is 93.1 Å². The first-order valence-electron chi connectivity index (χ1n) is 6.48. The molecule has 0 aromatic heterocycles. The van der Waals surface area contributed by atoms with E-state index in [1.807, 2.05) is 6.92 Å². The van der Waals surface area contributed by atoms with Gasteiger partial charge in [0.15, 0.2) is 6.10 Å². The van der Waals surface area contributed by atoms with E-state index >= 15 is 0 Å². The van der Waals surface area contributed by atoms with E-state index in [1.54, 1.807) is 13.8 Å². The maximum absolute atomic E-state index is 11.3. The van der Waals surface area contributed by atoms with Crippen molar-refractivity contribution in [2.75, 3.05) is 0 Å². The summed E-state index contributed by atoms with van der Waals surface area (Å²) < 4.78 is 9.50. The van der Waals surface area contributed by atoms with Gasteiger partial charge in [-0.25, -0.2) is 0 Å². The van der Waals surface area contributed by atoms with Crippen molar-refractivity contribution in [3.05, 3.63) is 11.7 Å². The third-order valence-electron chi connectivity index (χ3n) is 2.29. The van der Waals surface area contributed by atoms with Crippen molar-refractivity contribution >= 4 is 11.9 Å². The van der Waals surface area contributed by atoms with E-state index in [0.29, 0.717) is 12.8 Å². The highest BCUT2D eigenvalue weighted by molar-refractivity contribution is 5.70. The zero-order valence-corrected chi connectivity index (χ0v) is 11.6. The van der Waals surface area contributed by atoms with Crippen molar-refractivity contribution in [1.29, 1.82) is 0 Å². The molecule has 0 saturated carbocycles. The molecular weight excluding hydrogens is 252 g/mol. The van der Waals surface area contributed by atoms with E-state index < -0.39 is 29.7 Å². The maximum Gasteiger partial charge on any atom is 0.328 e. The molecule has 19 heavy (non-hydrogen) atoms. The second-order valence-electron chi connectivity index (χ2n) is 4.05. The van der Waals surface area contributed by atoms with Crippen LogP contribution in [0.5, 0.6) is 0 Å². The minimum Gasteiger partial charge on any atom is -0.503 e. The lowest BCUT2D eigenvalue weighted by molar-refractivity contribution is -0.150. The Kier molecular flexibility index (Phi) is 8.41. The molecule has 0 rings (SSSR count). The minimum absolute atomic E-state index is 0.129. The van der Waals surface area contributed by atoms with Crippen LogP contribution in [0.25, 0.3) is 0 Å². The van der Waals surface area contributed by atoms with Crippen LogP contribution < -0.4 is 0 Å². The summed E-state index contributed by atoms with van der Waals surface area (Å²) in [5.41, 5.74) is 0. The highest BCUT2D eigenvalue weighted by atomic mass is 16.6. The lowest BCUT2D eigenvalue weighted by atomic mass is 10.2. The molecule has 0 aliphatic heterocycles. The van der Waals surface area contributed by atoms with Gasteiger partial charge in [0.2, 0.25) is 5.76 Å². The highest BCUT2D eigenvalue weighted by Gasteiger charge is 2.22. The maximum atomic E-state index is 11.3. The van der Waals surface area contributed by atoms with Crippen LogP contribution in [0.15, 0.2) is 11.7 Å². The lowest BCUT2D eigenvalue weighted by Gasteiger charge is -2.16. The van der Waals surface area contributed by atoms with Gasteiger partial charge in [-0.15, -0.1) is 0 Å². The molecule has 0 heterocycles. The number of ether oxygens (including phenoxy) is 2. The fourth-order valence-corrected chi connectivity index (χ4v) is 1.31. The Morgan fingerprint density at radius 1 is 1.00 bits per heavy atom. The average molecular weight is 274 g/mol. The normalized spacial score (nSPS) is 13.4. The summed E-state index contributed by atoms with van der Waals surface area (Å²) in [4.78, 5) is 22.5. The van der Waals surface area contributed by atoms with Crippen LogP contribution in [-0.4, -0.2) is 28.3 Å². The zero-order chi connectivity index (χ0) is 14.8.